The molecule has 0 radical (unpaired) electrons. The number of benzene rings is 2. The van der Waals surface area contributed by atoms with Crippen molar-refractivity contribution in [3.05, 3.63) is 64.7 Å². The topological polar surface area (TPSA) is 41.6 Å². The third-order valence-corrected chi connectivity index (χ3v) is 5.79. The number of piperidine rings is 1. The number of carbonyl (C=O) groups is 1. The van der Waals surface area contributed by atoms with Crippen LogP contribution >= 0.6 is 0 Å². The summed E-state index contributed by atoms with van der Waals surface area (Å²) in [5.41, 5.74) is 2.47. The van der Waals surface area contributed by atoms with Gasteiger partial charge in [0.15, 0.2) is 0 Å². The molecule has 2 aromatic carbocycles. The maximum absolute atomic E-state index is 12.7. The number of carbonyl (C=O) groups excluding carboxylic acids is 1. The van der Waals surface area contributed by atoms with Crippen LogP contribution in [0.1, 0.15) is 47.9 Å². The molecule has 1 heterocycles. The third kappa shape index (κ3) is 7.26. The first-order chi connectivity index (χ1) is 15.2. The number of halogens is 3. The van der Waals surface area contributed by atoms with Gasteiger partial charge in [-0.15, -0.1) is 0 Å². The fraction of sp³-hybridized carbons (Fsp3) is 0.480. The second-order valence-corrected chi connectivity index (χ2v) is 8.53. The molecule has 1 N–H and O–H groups in total. The molecule has 1 aliphatic heterocycles. The second kappa shape index (κ2) is 10.9. The van der Waals surface area contributed by atoms with E-state index in [4.69, 9.17) is 4.74 Å². The highest BCUT2D eigenvalue weighted by Gasteiger charge is 2.30. The van der Waals surface area contributed by atoms with E-state index in [1.54, 1.807) is 0 Å². The number of alkyl halides is 3. The van der Waals surface area contributed by atoms with E-state index in [1.165, 1.54) is 12.1 Å². The maximum atomic E-state index is 12.7. The van der Waals surface area contributed by atoms with E-state index in [-0.39, 0.29) is 11.9 Å². The minimum atomic E-state index is -4.30. The summed E-state index contributed by atoms with van der Waals surface area (Å²) in [6.07, 6.45) is -1.54. The zero-order chi connectivity index (χ0) is 23.1. The number of rotatable bonds is 8. The van der Waals surface area contributed by atoms with Crippen molar-refractivity contribution in [3.8, 4) is 5.75 Å². The van der Waals surface area contributed by atoms with Gasteiger partial charge in [-0.3, -0.25) is 9.69 Å². The smallest absolute Gasteiger partial charge is 0.416 e. The van der Waals surface area contributed by atoms with E-state index in [2.05, 4.69) is 10.2 Å². The fourth-order valence-electron chi connectivity index (χ4n) is 3.87. The molecule has 0 spiro atoms. The molecule has 1 aliphatic rings. The summed E-state index contributed by atoms with van der Waals surface area (Å²) < 4.78 is 43.8. The van der Waals surface area contributed by atoms with Crippen molar-refractivity contribution < 1.29 is 22.7 Å². The van der Waals surface area contributed by atoms with E-state index >= 15 is 0 Å². The Balaban J connectivity index is 1.33. The molecule has 1 fully saturated rings. The molecule has 0 unspecified atom stereocenters. The number of nitrogens with one attached hydrogen (secondary N) is 1. The summed E-state index contributed by atoms with van der Waals surface area (Å²) in [5, 5.41) is 3.10. The van der Waals surface area contributed by atoms with Crippen LogP contribution in [-0.2, 0) is 17.5 Å². The number of ether oxygens (including phenoxy) is 1. The van der Waals surface area contributed by atoms with Crippen LogP contribution in [0, 0.1) is 13.8 Å². The molecule has 0 saturated carbocycles. The normalized spacial score (nSPS) is 15.5. The Hall–Kier alpha value is -2.54. The van der Waals surface area contributed by atoms with E-state index in [9.17, 15) is 18.0 Å². The molecular formula is C25H31F3N2O2. The van der Waals surface area contributed by atoms with E-state index in [1.807, 2.05) is 32.0 Å². The first-order valence-corrected chi connectivity index (χ1v) is 11.1. The average Bonchev–Trinajstić information content (AvgIpc) is 2.75. The Morgan fingerprint density at radius 1 is 1.09 bits per heavy atom. The SMILES string of the molecule is Cc1ccc(C)c(OCCCC(=O)NC2CCN(Cc3ccc(C(F)(F)F)cc3)CC2)c1. The van der Waals surface area contributed by atoms with Gasteiger partial charge in [-0.05, 0) is 68.0 Å². The van der Waals surface area contributed by atoms with E-state index in [0.717, 1.165) is 60.5 Å². The van der Waals surface area contributed by atoms with Crippen molar-refractivity contribution in [1.29, 1.82) is 0 Å². The summed E-state index contributed by atoms with van der Waals surface area (Å²) in [6.45, 7) is 6.77. The van der Waals surface area contributed by atoms with Gasteiger partial charge in [0.25, 0.3) is 0 Å². The lowest BCUT2D eigenvalue weighted by Crippen LogP contribution is -2.44. The van der Waals surface area contributed by atoms with Crippen molar-refractivity contribution in [1.82, 2.24) is 10.2 Å². The fourth-order valence-corrected chi connectivity index (χ4v) is 3.87. The van der Waals surface area contributed by atoms with Crippen LogP contribution in [0.3, 0.4) is 0 Å². The van der Waals surface area contributed by atoms with Gasteiger partial charge in [0.2, 0.25) is 5.91 Å². The van der Waals surface area contributed by atoms with Gasteiger partial charge in [-0.2, -0.15) is 13.2 Å². The summed E-state index contributed by atoms with van der Waals surface area (Å²) in [5.74, 6) is 0.904. The summed E-state index contributed by atoms with van der Waals surface area (Å²) >= 11 is 0. The number of hydrogen-bond donors (Lipinski definition) is 1. The monoisotopic (exact) mass is 448 g/mol. The highest BCUT2D eigenvalue weighted by Crippen LogP contribution is 2.29. The lowest BCUT2D eigenvalue weighted by atomic mass is 10.0. The minimum Gasteiger partial charge on any atom is -0.493 e. The first kappa shape index (κ1) is 24.1. The molecular weight excluding hydrogens is 417 g/mol. The summed E-state index contributed by atoms with van der Waals surface area (Å²) in [4.78, 5) is 14.5. The van der Waals surface area contributed by atoms with Crippen molar-refractivity contribution in [2.75, 3.05) is 19.7 Å². The predicted molar refractivity (Wildman–Crippen MR) is 119 cm³/mol. The Morgan fingerprint density at radius 2 is 1.78 bits per heavy atom. The second-order valence-electron chi connectivity index (χ2n) is 8.53. The van der Waals surface area contributed by atoms with Crippen LogP contribution in [-0.4, -0.2) is 36.5 Å². The molecule has 0 atom stereocenters. The van der Waals surface area contributed by atoms with Crippen LogP contribution in [0.5, 0.6) is 5.75 Å². The maximum Gasteiger partial charge on any atom is 0.416 e. The molecule has 1 saturated heterocycles. The van der Waals surface area contributed by atoms with Gasteiger partial charge >= 0.3 is 6.18 Å². The van der Waals surface area contributed by atoms with Crippen molar-refractivity contribution in [2.24, 2.45) is 0 Å². The first-order valence-electron chi connectivity index (χ1n) is 11.1. The molecule has 4 nitrogen and oxygen atoms in total. The predicted octanol–water partition coefficient (Wildman–Crippen LogP) is 5.26. The van der Waals surface area contributed by atoms with Crippen LogP contribution in [0.2, 0.25) is 0 Å². The Kier molecular flexibility index (Phi) is 8.18. The van der Waals surface area contributed by atoms with Gasteiger partial charge in [0, 0.05) is 32.1 Å². The molecule has 0 aromatic heterocycles. The van der Waals surface area contributed by atoms with Gasteiger partial charge < -0.3 is 10.1 Å². The molecule has 1 amide bonds. The summed E-state index contributed by atoms with van der Waals surface area (Å²) in [6, 6.07) is 11.6. The Bertz CT molecular complexity index is 889. The number of aryl methyl sites for hydroxylation is 2. The zero-order valence-corrected chi connectivity index (χ0v) is 18.7. The van der Waals surface area contributed by atoms with E-state index < -0.39 is 11.7 Å². The lowest BCUT2D eigenvalue weighted by Gasteiger charge is -2.32. The molecule has 174 valence electrons. The third-order valence-electron chi connectivity index (χ3n) is 5.79. The van der Waals surface area contributed by atoms with Gasteiger partial charge in [-0.1, -0.05) is 24.3 Å². The number of likely N-dealkylation sites (tertiary alicyclic amines) is 1. The molecule has 0 aliphatic carbocycles. The molecule has 2 aromatic rings. The highest BCUT2D eigenvalue weighted by atomic mass is 19.4. The zero-order valence-electron chi connectivity index (χ0n) is 18.7. The van der Waals surface area contributed by atoms with Crippen molar-refractivity contribution >= 4 is 5.91 Å². The van der Waals surface area contributed by atoms with Gasteiger partial charge in [0.05, 0.1) is 12.2 Å². The van der Waals surface area contributed by atoms with Crippen molar-refractivity contribution in [3.63, 3.8) is 0 Å². The quantitative estimate of drug-likeness (QED) is 0.560. The highest BCUT2D eigenvalue weighted by molar-refractivity contribution is 5.76. The van der Waals surface area contributed by atoms with E-state index in [0.29, 0.717) is 26.0 Å². The minimum absolute atomic E-state index is 0.0377. The van der Waals surface area contributed by atoms with Crippen LogP contribution in [0.4, 0.5) is 13.2 Å². The van der Waals surface area contributed by atoms with Crippen LogP contribution in [0.15, 0.2) is 42.5 Å². The number of hydrogen-bond acceptors (Lipinski definition) is 3. The standard InChI is InChI=1S/C25H31F3N2O2/c1-18-5-6-19(2)23(16-18)32-15-3-4-24(31)29-22-11-13-30(14-12-22)17-20-7-9-21(10-8-20)25(26,27)28/h5-10,16,22H,3-4,11-15,17H2,1-2H3,(H,29,31). The molecule has 3 rings (SSSR count). The summed E-state index contributed by atoms with van der Waals surface area (Å²) in [7, 11) is 0. The molecule has 32 heavy (non-hydrogen) atoms. The van der Waals surface area contributed by atoms with Gasteiger partial charge in [-0.25, -0.2) is 0 Å². The lowest BCUT2D eigenvalue weighted by molar-refractivity contribution is -0.137. The van der Waals surface area contributed by atoms with Crippen LogP contribution < -0.4 is 10.1 Å². The van der Waals surface area contributed by atoms with Crippen LogP contribution in [0.25, 0.3) is 0 Å². The number of nitrogens with zero attached hydrogens (tertiary/aromatic N) is 1. The van der Waals surface area contributed by atoms with Crippen molar-refractivity contribution in [2.45, 2.75) is 58.3 Å². The molecule has 0 bridgehead atoms. The largest absolute Gasteiger partial charge is 0.493 e. The number of amides is 1. The molecule has 7 heteroatoms. The Morgan fingerprint density at radius 3 is 2.44 bits per heavy atom. The Labute approximate surface area is 187 Å². The average molecular weight is 449 g/mol. The van der Waals surface area contributed by atoms with Gasteiger partial charge in [0.1, 0.15) is 5.75 Å².